The van der Waals surface area contributed by atoms with Crippen molar-refractivity contribution in [1.29, 1.82) is 0 Å². The van der Waals surface area contributed by atoms with Gasteiger partial charge in [0.05, 0.1) is 0 Å². The topological polar surface area (TPSA) is 48.5 Å². The molecule has 1 aromatic heterocycles. The number of carbonyl (C=O) groups is 1. The molecule has 22 heavy (non-hydrogen) atoms. The molecule has 2 amide bonds. The van der Waals surface area contributed by atoms with Crippen LogP contribution in [0.3, 0.4) is 0 Å². The van der Waals surface area contributed by atoms with E-state index in [1.165, 1.54) is 12.8 Å². The monoisotopic (exact) mass is 302 g/mol. The Morgan fingerprint density at radius 1 is 1.23 bits per heavy atom. The lowest BCUT2D eigenvalue weighted by Gasteiger charge is -2.30. The standard InChI is InChI=1S/C17H26N4O/c1-14-6-10-21(11-7-14)17(22)19-13-15-4-5-16(18-12-15)20-8-2-3-9-20/h4-5,12,14H,2-3,6-11,13H2,1H3,(H,19,22). The average molecular weight is 302 g/mol. The normalized spacial score (nSPS) is 19.5. The highest BCUT2D eigenvalue weighted by Gasteiger charge is 2.20. The second-order valence-electron chi connectivity index (χ2n) is 6.55. The van der Waals surface area contributed by atoms with Crippen molar-refractivity contribution in [2.24, 2.45) is 5.92 Å². The molecule has 0 aliphatic carbocycles. The van der Waals surface area contributed by atoms with Gasteiger partial charge in [-0.2, -0.15) is 0 Å². The van der Waals surface area contributed by atoms with Gasteiger partial charge in [0.15, 0.2) is 0 Å². The van der Waals surface area contributed by atoms with Gasteiger partial charge in [0, 0.05) is 38.9 Å². The highest BCUT2D eigenvalue weighted by molar-refractivity contribution is 5.74. The molecule has 0 spiro atoms. The zero-order valence-electron chi connectivity index (χ0n) is 13.4. The van der Waals surface area contributed by atoms with Crippen molar-refractivity contribution in [3.8, 4) is 0 Å². The fourth-order valence-corrected chi connectivity index (χ4v) is 3.16. The lowest BCUT2D eigenvalue weighted by atomic mass is 10.00. The number of aromatic nitrogens is 1. The SMILES string of the molecule is CC1CCN(C(=O)NCc2ccc(N3CCCC3)nc2)CC1. The number of piperidine rings is 1. The second-order valence-corrected chi connectivity index (χ2v) is 6.55. The number of likely N-dealkylation sites (tertiary alicyclic amines) is 1. The van der Waals surface area contributed by atoms with Crippen molar-refractivity contribution in [1.82, 2.24) is 15.2 Å². The fraction of sp³-hybridized carbons (Fsp3) is 0.647. The predicted molar refractivity (Wildman–Crippen MR) is 87.9 cm³/mol. The number of anilines is 1. The van der Waals surface area contributed by atoms with Gasteiger partial charge in [-0.05, 0) is 43.2 Å². The van der Waals surface area contributed by atoms with Crippen LogP contribution in [0.25, 0.3) is 0 Å². The maximum atomic E-state index is 12.1. The molecule has 2 aliphatic rings. The van der Waals surface area contributed by atoms with Crippen LogP contribution in [0.5, 0.6) is 0 Å². The van der Waals surface area contributed by atoms with E-state index in [9.17, 15) is 4.79 Å². The van der Waals surface area contributed by atoms with Crippen molar-refractivity contribution in [2.45, 2.75) is 39.2 Å². The van der Waals surface area contributed by atoms with Gasteiger partial charge in [-0.25, -0.2) is 9.78 Å². The molecule has 3 heterocycles. The molecule has 2 aliphatic heterocycles. The van der Waals surface area contributed by atoms with E-state index in [-0.39, 0.29) is 6.03 Å². The minimum Gasteiger partial charge on any atom is -0.357 e. The summed E-state index contributed by atoms with van der Waals surface area (Å²) in [7, 11) is 0. The summed E-state index contributed by atoms with van der Waals surface area (Å²) < 4.78 is 0. The predicted octanol–water partition coefficient (Wildman–Crippen LogP) is 2.62. The molecule has 0 atom stereocenters. The lowest BCUT2D eigenvalue weighted by molar-refractivity contribution is 0.173. The number of urea groups is 1. The Balaban J connectivity index is 1.47. The van der Waals surface area contributed by atoms with E-state index in [1.807, 2.05) is 11.1 Å². The van der Waals surface area contributed by atoms with Crippen LogP contribution in [0.1, 0.15) is 38.2 Å². The highest BCUT2D eigenvalue weighted by Crippen LogP contribution is 2.18. The maximum absolute atomic E-state index is 12.1. The minimum absolute atomic E-state index is 0.0514. The van der Waals surface area contributed by atoms with Gasteiger partial charge < -0.3 is 15.1 Å². The fourth-order valence-electron chi connectivity index (χ4n) is 3.16. The van der Waals surface area contributed by atoms with Crippen molar-refractivity contribution in [3.05, 3.63) is 23.9 Å². The van der Waals surface area contributed by atoms with Gasteiger partial charge >= 0.3 is 6.03 Å². The van der Waals surface area contributed by atoms with E-state index in [2.05, 4.69) is 34.3 Å². The molecular formula is C17H26N4O. The van der Waals surface area contributed by atoms with Crippen LogP contribution in [0.2, 0.25) is 0 Å². The molecule has 2 saturated heterocycles. The molecule has 0 unspecified atom stereocenters. The van der Waals surface area contributed by atoms with Crippen LogP contribution in [0, 0.1) is 5.92 Å². The highest BCUT2D eigenvalue weighted by atomic mass is 16.2. The number of hydrogen-bond donors (Lipinski definition) is 1. The number of carbonyl (C=O) groups excluding carboxylic acids is 1. The van der Waals surface area contributed by atoms with Crippen molar-refractivity contribution < 1.29 is 4.79 Å². The summed E-state index contributed by atoms with van der Waals surface area (Å²) in [6.45, 7) is 6.77. The molecule has 0 saturated carbocycles. The number of amides is 2. The van der Waals surface area contributed by atoms with Crippen LogP contribution in [0.15, 0.2) is 18.3 Å². The molecule has 5 nitrogen and oxygen atoms in total. The van der Waals surface area contributed by atoms with Gasteiger partial charge in [0.1, 0.15) is 5.82 Å². The van der Waals surface area contributed by atoms with Crippen molar-refractivity contribution in [3.63, 3.8) is 0 Å². The van der Waals surface area contributed by atoms with Crippen LogP contribution < -0.4 is 10.2 Å². The Labute approximate surface area is 132 Å². The second kappa shape index (κ2) is 6.99. The first-order valence-corrected chi connectivity index (χ1v) is 8.45. The van der Waals surface area contributed by atoms with Crippen LogP contribution in [0.4, 0.5) is 10.6 Å². The molecule has 3 rings (SSSR count). The van der Waals surface area contributed by atoms with E-state index in [0.29, 0.717) is 6.54 Å². The summed E-state index contributed by atoms with van der Waals surface area (Å²) in [4.78, 5) is 20.9. The zero-order valence-corrected chi connectivity index (χ0v) is 13.4. The smallest absolute Gasteiger partial charge is 0.317 e. The van der Waals surface area contributed by atoms with Crippen LogP contribution in [-0.4, -0.2) is 42.1 Å². The number of rotatable bonds is 3. The molecule has 0 bridgehead atoms. The first-order valence-electron chi connectivity index (χ1n) is 8.45. The van der Waals surface area contributed by atoms with Gasteiger partial charge in [-0.3, -0.25) is 0 Å². The third-order valence-corrected chi connectivity index (χ3v) is 4.75. The Bertz CT molecular complexity index is 488. The van der Waals surface area contributed by atoms with Gasteiger partial charge in [-0.15, -0.1) is 0 Å². The number of nitrogens with one attached hydrogen (secondary N) is 1. The van der Waals surface area contributed by atoms with Gasteiger partial charge in [0.25, 0.3) is 0 Å². The largest absolute Gasteiger partial charge is 0.357 e. The van der Waals surface area contributed by atoms with Gasteiger partial charge in [0.2, 0.25) is 0 Å². The maximum Gasteiger partial charge on any atom is 0.317 e. The van der Waals surface area contributed by atoms with E-state index < -0.39 is 0 Å². The zero-order chi connectivity index (χ0) is 15.4. The quantitative estimate of drug-likeness (QED) is 0.933. The summed E-state index contributed by atoms with van der Waals surface area (Å²) in [5, 5.41) is 3.01. The first kappa shape index (κ1) is 15.1. The molecule has 2 fully saturated rings. The molecule has 1 N–H and O–H groups in total. The summed E-state index contributed by atoms with van der Waals surface area (Å²) >= 11 is 0. The lowest BCUT2D eigenvalue weighted by Crippen LogP contribution is -2.43. The van der Waals surface area contributed by atoms with E-state index in [1.54, 1.807) is 0 Å². The molecule has 5 heteroatoms. The average Bonchev–Trinajstić information content (AvgIpc) is 3.08. The molecule has 120 valence electrons. The number of pyridine rings is 1. The van der Waals surface area contributed by atoms with Gasteiger partial charge in [-0.1, -0.05) is 13.0 Å². The Kier molecular flexibility index (Phi) is 4.80. The summed E-state index contributed by atoms with van der Waals surface area (Å²) in [6.07, 6.45) is 6.62. The number of nitrogens with zero attached hydrogens (tertiary/aromatic N) is 3. The Morgan fingerprint density at radius 3 is 2.59 bits per heavy atom. The van der Waals surface area contributed by atoms with Crippen molar-refractivity contribution >= 4 is 11.8 Å². The third kappa shape index (κ3) is 3.70. The van der Waals surface area contributed by atoms with E-state index in [4.69, 9.17) is 0 Å². The summed E-state index contributed by atoms with van der Waals surface area (Å²) in [5.74, 6) is 1.80. The van der Waals surface area contributed by atoms with Crippen molar-refractivity contribution in [2.75, 3.05) is 31.1 Å². The van der Waals surface area contributed by atoms with Crippen LogP contribution >= 0.6 is 0 Å². The minimum atomic E-state index is 0.0514. The molecular weight excluding hydrogens is 276 g/mol. The number of hydrogen-bond acceptors (Lipinski definition) is 3. The summed E-state index contributed by atoms with van der Waals surface area (Å²) in [6, 6.07) is 4.18. The molecule has 1 aromatic rings. The first-order chi connectivity index (χ1) is 10.7. The Hall–Kier alpha value is -1.78. The summed E-state index contributed by atoms with van der Waals surface area (Å²) in [5.41, 5.74) is 1.06. The molecule has 0 aromatic carbocycles. The Morgan fingerprint density at radius 2 is 1.95 bits per heavy atom. The van der Waals surface area contributed by atoms with E-state index in [0.717, 1.165) is 56.3 Å². The third-order valence-electron chi connectivity index (χ3n) is 4.75. The molecule has 0 radical (unpaired) electrons. The van der Waals surface area contributed by atoms with E-state index >= 15 is 0 Å². The van der Waals surface area contributed by atoms with Crippen LogP contribution in [-0.2, 0) is 6.54 Å².